The van der Waals surface area contributed by atoms with E-state index in [0.717, 1.165) is 11.1 Å². The van der Waals surface area contributed by atoms with Crippen molar-refractivity contribution in [2.24, 2.45) is 0 Å². The lowest BCUT2D eigenvalue weighted by atomic mass is 9.98. The SMILES string of the molecule is C[C@H](Oc1ccccc1F)C(=O)NC(c1ccccc1)c1ccccc1. The third-order valence-electron chi connectivity index (χ3n) is 4.06. The number of halogens is 1. The van der Waals surface area contributed by atoms with Crippen LogP contribution >= 0.6 is 0 Å². The van der Waals surface area contributed by atoms with Gasteiger partial charge in [-0.3, -0.25) is 4.79 Å². The lowest BCUT2D eigenvalue weighted by Crippen LogP contribution is -2.39. The Kier molecular flexibility index (Phi) is 5.64. The zero-order valence-corrected chi connectivity index (χ0v) is 14.4. The average molecular weight is 349 g/mol. The number of rotatable bonds is 6. The second kappa shape index (κ2) is 8.30. The molecule has 1 N–H and O–H groups in total. The van der Waals surface area contributed by atoms with Crippen molar-refractivity contribution >= 4 is 5.91 Å². The molecule has 1 atom stereocenters. The molecule has 0 aliphatic heterocycles. The minimum atomic E-state index is -0.832. The lowest BCUT2D eigenvalue weighted by Gasteiger charge is -2.22. The number of carbonyl (C=O) groups is 1. The molecule has 0 heterocycles. The number of ether oxygens (including phenoxy) is 1. The number of hydrogen-bond acceptors (Lipinski definition) is 2. The lowest BCUT2D eigenvalue weighted by molar-refractivity contribution is -0.127. The molecule has 0 saturated heterocycles. The predicted octanol–water partition coefficient (Wildman–Crippen LogP) is 4.50. The molecule has 3 nitrogen and oxygen atoms in total. The molecule has 3 aromatic rings. The van der Waals surface area contributed by atoms with Gasteiger partial charge in [0.1, 0.15) is 0 Å². The summed E-state index contributed by atoms with van der Waals surface area (Å²) in [5, 5.41) is 3.00. The van der Waals surface area contributed by atoms with Gasteiger partial charge in [-0.15, -0.1) is 0 Å². The molecule has 3 rings (SSSR count). The first-order valence-electron chi connectivity index (χ1n) is 8.46. The molecule has 26 heavy (non-hydrogen) atoms. The summed E-state index contributed by atoms with van der Waals surface area (Å²) in [6.07, 6.45) is -0.832. The van der Waals surface area contributed by atoms with E-state index in [1.54, 1.807) is 19.1 Å². The van der Waals surface area contributed by atoms with Crippen LogP contribution in [0.5, 0.6) is 5.75 Å². The number of hydrogen-bond donors (Lipinski definition) is 1. The zero-order chi connectivity index (χ0) is 18.4. The second-order valence-electron chi connectivity index (χ2n) is 5.95. The van der Waals surface area contributed by atoms with Crippen molar-refractivity contribution < 1.29 is 13.9 Å². The Labute approximate surface area is 152 Å². The Morgan fingerprint density at radius 1 is 0.846 bits per heavy atom. The van der Waals surface area contributed by atoms with Crippen LogP contribution in [-0.4, -0.2) is 12.0 Å². The summed E-state index contributed by atoms with van der Waals surface area (Å²) in [7, 11) is 0. The minimum Gasteiger partial charge on any atom is -0.478 e. The molecule has 0 saturated carbocycles. The first-order chi connectivity index (χ1) is 12.6. The van der Waals surface area contributed by atoms with Gasteiger partial charge in [-0.2, -0.15) is 0 Å². The topological polar surface area (TPSA) is 38.3 Å². The highest BCUT2D eigenvalue weighted by atomic mass is 19.1. The molecule has 0 bridgehead atoms. The van der Waals surface area contributed by atoms with Crippen molar-refractivity contribution in [1.82, 2.24) is 5.32 Å². The van der Waals surface area contributed by atoms with Crippen LogP contribution in [0.25, 0.3) is 0 Å². The maximum atomic E-state index is 13.7. The third-order valence-corrected chi connectivity index (χ3v) is 4.06. The van der Waals surface area contributed by atoms with Crippen LogP contribution in [0.4, 0.5) is 4.39 Å². The molecule has 0 fully saturated rings. The minimum absolute atomic E-state index is 0.0612. The van der Waals surface area contributed by atoms with E-state index in [9.17, 15) is 9.18 Å². The molecular weight excluding hydrogens is 329 g/mol. The van der Waals surface area contributed by atoms with Gasteiger partial charge < -0.3 is 10.1 Å². The van der Waals surface area contributed by atoms with Crippen LogP contribution in [0.2, 0.25) is 0 Å². The highest BCUT2D eigenvalue weighted by molar-refractivity contribution is 5.81. The zero-order valence-electron chi connectivity index (χ0n) is 14.4. The highest BCUT2D eigenvalue weighted by Gasteiger charge is 2.22. The van der Waals surface area contributed by atoms with Crippen molar-refractivity contribution in [3.8, 4) is 5.75 Å². The van der Waals surface area contributed by atoms with Crippen LogP contribution in [0.1, 0.15) is 24.1 Å². The Hall–Kier alpha value is -3.14. The molecule has 4 heteroatoms. The van der Waals surface area contributed by atoms with E-state index >= 15 is 0 Å². The van der Waals surface area contributed by atoms with Crippen LogP contribution in [0, 0.1) is 5.82 Å². The summed E-state index contributed by atoms with van der Waals surface area (Å²) >= 11 is 0. The molecule has 0 radical (unpaired) electrons. The van der Waals surface area contributed by atoms with Crippen molar-refractivity contribution in [2.75, 3.05) is 0 Å². The number of amides is 1. The summed E-state index contributed by atoms with van der Waals surface area (Å²) in [6, 6.07) is 25.1. The van der Waals surface area contributed by atoms with Crippen molar-refractivity contribution in [1.29, 1.82) is 0 Å². The fourth-order valence-electron chi connectivity index (χ4n) is 2.69. The van der Waals surface area contributed by atoms with Crippen molar-refractivity contribution in [3.63, 3.8) is 0 Å². The van der Waals surface area contributed by atoms with Gasteiger partial charge in [-0.25, -0.2) is 4.39 Å². The summed E-state index contributed by atoms with van der Waals surface area (Å²) in [5.41, 5.74) is 1.93. The van der Waals surface area contributed by atoms with Gasteiger partial charge in [0.25, 0.3) is 5.91 Å². The largest absolute Gasteiger partial charge is 0.478 e. The second-order valence-corrected chi connectivity index (χ2v) is 5.95. The smallest absolute Gasteiger partial charge is 0.261 e. The molecule has 0 unspecified atom stereocenters. The summed E-state index contributed by atoms with van der Waals surface area (Å²) in [5.74, 6) is -0.744. The maximum absolute atomic E-state index is 13.7. The molecule has 0 aliphatic carbocycles. The highest BCUT2D eigenvalue weighted by Crippen LogP contribution is 2.23. The van der Waals surface area contributed by atoms with E-state index in [2.05, 4.69) is 5.32 Å². The average Bonchev–Trinajstić information content (AvgIpc) is 2.69. The van der Waals surface area contributed by atoms with Crippen molar-refractivity contribution in [3.05, 3.63) is 102 Å². The van der Waals surface area contributed by atoms with Crippen LogP contribution < -0.4 is 10.1 Å². The van der Waals surface area contributed by atoms with Gasteiger partial charge in [-0.1, -0.05) is 72.8 Å². The first-order valence-corrected chi connectivity index (χ1v) is 8.46. The number of carbonyl (C=O) groups excluding carboxylic acids is 1. The Morgan fingerprint density at radius 3 is 1.88 bits per heavy atom. The van der Waals surface area contributed by atoms with Crippen LogP contribution in [0.3, 0.4) is 0 Å². The quantitative estimate of drug-likeness (QED) is 0.712. The molecule has 1 amide bonds. The van der Waals surface area contributed by atoms with Gasteiger partial charge >= 0.3 is 0 Å². The van der Waals surface area contributed by atoms with E-state index < -0.39 is 11.9 Å². The van der Waals surface area contributed by atoms with Gasteiger partial charge in [0, 0.05) is 0 Å². The van der Waals surface area contributed by atoms with E-state index in [1.807, 2.05) is 60.7 Å². The molecule has 0 spiro atoms. The van der Waals surface area contributed by atoms with E-state index in [4.69, 9.17) is 4.74 Å². The normalized spacial score (nSPS) is 11.8. The summed E-state index contributed by atoms with van der Waals surface area (Å²) in [6.45, 7) is 1.61. The third kappa shape index (κ3) is 4.28. The maximum Gasteiger partial charge on any atom is 0.261 e. The van der Waals surface area contributed by atoms with Crippen LogP contribution in [-0.2, 0) is 4.79 Å². The van der Waals surface area contributed by atoms with Gasteiger partial charge in [0.15, 0.2) is 17.7 Å². The van der Waals surface area contributed by atoms with E-state index in [1.165, 1.54) is 12.1 Å². The monoisotopic (exact) mass is 349 g/mol. The van der Waals surface area contributed by atoms with E-state index in [0.29, 0.717) is 0 Å². The standard InChI is InChI=1S/C22H20FNO2/c1-16(26-20-15-9-8-14-19(20)23)22(25)24-21(17-10-4-2-5-11-17)18-12-6-3-7-13-18/h2-16,21H,1H3,(H,24,25)/t16-/m0/s1. The Balaban J connectivity index is 1.78. The Bertz CT molecular complexity index is 813. The van der Waals surface area contributed by atoms with Gasteiger partial charge in [0.2, 0.25) is 0 Å². The summed E-state index contributed by atoms with van der Waals surface area (Å²) < 4.78 is 19.2. The fraction of sp³-hybridized carbons (Fsp3) is 0.136. The number of nitrogens with one attached hydrogen (secondary N) is 1. The molecule has 3 aromatic carbocycles. The van der Waals surface area contributed by atoms with E-state index in [-0.39, 0.29) is 17.7 Å². The van der Waals surface area contributed by atoms with Crippen molar-refractivity contribution in [2.45, 2.75) is 19.1 Å². The first kappa shape index (κ1) is 17.7. The van der Waals surface area contributed by atoms with Crippen LogP contribution in [0.15, 0.2) is 84.9 Å². The summed E-state index contributed by atoms with van der Waals surface area (Å²) in [4.78, 5) is 12.7. The molecule has 0 aromatic heterocycles. The Morgan fingerprint density at radius 2 is 1.35 bits per heavy atom. The molecular formula is C22H20FNO2. The number of benzene rings is 3. The fourth-order valence-corrected chi connectivity index (χ4v) is 2.69. The van der Waals surface area contributed by atoms with Gasteiger partial charge in [0.05, 0.1) is 6.04 Å². The molecule has 132 valence electrons. The van der Waals surface area contributed by atoms with Gasteiger partial charge in [-0.05, 0) is 30.2 Å². The number of para-hydroxylation sites is 1. The molecule has 0 aliphatic rings. The predicted molar refractivity (Wildman–Crippen MR) is 99.4 cm³/mol.